The van der Waals surface area contributed by atoms with Gasteiger partial charge in [-0.15, -0.1) is 0 Å². The van der Waals surface area contributed by atoms with Crippen molar-refractivity contribution in [2.45, 2.75) is 32.6 Å². The maximum Gasteiger partial charge on any atom is 0.337 e. The van der Waals surface area contributed by atoms with Gasteiger partial charge >= 0.3 is 12.0 Å². The summed E-state index contributed by atoms with van der Waals surface area (Å²) in [6.07, 6.45) is 4.25. The van der Waals surface area contributed by atoms with Gasteiger partial charge in [0.1, 0.15) is 0 Å². The van der Waals surface area contributed by atoms with E-state index < -0.39 is 5.97 Å². The molecule has 0 amide bonds. The number of carbonyl (C=O) groups is 1. The molecule has 9 heteroatoms. The second kappa shape index (κ2) is 11.7. The minimum atomic E-state index is -0.411. The van der Waals surface area contributed by atoms with Crippen LogP contribution in [0.15, 0.2) is 24.3 Å². The van der Waals surface area contributed by atoms with Crippen molar-refractivity contribution in [2.75, 3.05) is 37.4 Å². The van der Waals surface area contributed by atoms with Crippen LogP contribution in [0, 0.1) is 0 Å². The van der Waals surface area contributed by atoms with E-state index in [2.05, 4.69) is 25.6 Å². The molecule has 0 saturated carbocycles. The summed E-state index contributed by atoms with van der Waals surface area (Å²) in [5.41, 5.74) is 6.59. The predicted molar refractivity (Wildman–Crippen MR) is 108 cm³/mol. The topological polar surface area (TPSA) is 124 Å². The molecule has 1 heterocycles. The van der Waals surface area contributed by atoms with Crippen LogP contribution in [0.1, 0.15) is 43.0 Å². The number of nitrogens with zero attached hydrogens (tertiary/aromatic N) is 3. The highest BCUT2D eigenvalue weighted by Crippen LogP contribution is 2.18. The summed E-state index contributed by atoms with van der Waals surface area (Å²) < 4.78 is 10.2. The van der Waals surface area contributed by atoms with Crippen molar-refractivity contribution >= 4 is 23.6 Å². The Kier molecular flexibility index (Phi) is 8.93. The highest BCUT2D eigenvalue weighted by molar-refractivity contribution is 5.90. The van der Waals surface area contributed by atoms with Crippen molar-refractivity contribution in [3.8, 4) is 6.01 Å². The van der Waals surface area contributed by atoms with Crippen molar-refractivity contribution in [2.24, 2.45) is 5.73 Å². The van der Waals surface area contributed by atoms with Crippen LogP contribution in [0.4, 0.5) is 17.6 Å². The first-order valence-corrected chi connectivity index (χ1v) is 9.44. The van der Waals surface area contributed by atoms with Gasteiger partial charge in [0.25, 0.3) is 0 Å². The number of esters is 1. The third-order valence-electron chi connectivity index (χ3n) is 3.84. The molecule has 0 unspecified atom stereocenters. The van der Waals surface area contributed by atoms with Crippen molar-refractivity contribution < 1.29 is 14.3 Å². The fraction of sp³-hybridized carbons (Fsp3) is 0.474. The SMILES string of the molecule is CCOc1nc(NCCCCCCN)nc(Nc2cccc(C(=O)OC)c2)n1. The van der Waals surface area contributed by atoms with Gasteiger partial charge in [-0.2, -0.15) is 15.0 Å². The molecule has 0 atom stereocenters. The molecule has 0 spiro atoms. The number of rotatable bonds is 12. The van der Waals surface area contributed by atoms with Crippen LogP contribution >= 0.6 is 0 Å². The molecule has 2 aromatic rings. The van der Waals surface area contributed by atoms with Crippen LogP contribution in [0.25, 0.3) is 0 Å². The molecule has 0 radical (unpaired) electrons. The van der Waals surface area contributed by atoms with Gasteiger partial charge in [-0.3, -0.25) is 0 Å². The number of unbranched alkanes of at least 4 members (excludes halogenated alkanes) is 3. The number of methoxy groups -OCH3 is 1. The maximum atomic E-state index is 11.7. The molecule has 9 nitrogen and oxygen atoms in total. The Balaban J connectivity index is 2.06. The average Bonchev–Trinajstić information content (AvgIpc) is 2.70. The van der Waals surface area contributed by atoms with E-state index in [1.807, 2.05) is 6.92 Å². The summed E-state index contributed by atoms with van der Waals surface area (Å²) in [5.74, 6) is 0.348. The molecule has 4 N–H and O–H groups in total. The smallest absolute Gasteiger partial charge is 0.337 e. The number of aromatic nitrogens is 3. The quantitative estimate of drug-likeness (QED) is 0.372. The first-order chi connectivity index (χ1) is 13.7. The van der Waals surface area contributed by atoms with E-state index in [1.165, 1.54) is 7.11 Å². The van der Waals surface area contributed by atoms with Gasteiger partial charge in [0.05, 0.1) is 19.3 Å². The summed E-state index contributed by atoms with van der Waals surface area (Å²) in [7, 11) is 1.34. The first-order valence-electron chi connectivity index (χ1n) is 9.44. The van der Waals surface area contributed by atoms with Crippen LogP contribution in [0.3, 0.4) is 0 Å². The Bertz CT molecular complexity index is 756. The lowest BCUT2D eigenvalue weighted by atomic mass is 10.2. The lowest BCUT2D eigenvalue weighted by molar-refractivity contribution is 0.0601. The number of benzene rings is 1. The van der Waals surface area contributed by atoms with Gasteiger partial charge in [0.2, 0.25) is 11.9 Å². The lowest BCUT2D eigenvalue weighted by Crippen LogP contribution is -2.10. The van der Waals surface area contributed by atoms with Gasteiger partial charge in [0, 0.05) is 12.2 Å². The van der Waals surface area contributed by atoms with Gasteiger partial charge in [0.15, 0.2) is 0 Å². The maximum absolute atomic E-state index is 11.7. The highest BCUT2D eigenvalue weighted by atomic mass is 16.5. The number of hydrogen-bond acceptors (Lipinski definition) is 9. The summed E-state index contributed by atoms with van der Waals surface area (Å²) >= 11 is 0. The molecule has 0 fully saturated rings. The van der Waals surface area contributed by atoms with Gasteiger partial charge in [-0.05, 0) is 44.5 Å². The van der Waals surface area contributed by atoms with E-state index in [4.69, 9.17) is 15.2 Å². The minimum absolute atomic E-state index is 0.231. The van der Waals surface area contributed by atoms with E-state index in [9.17, 15) is 4.79 Å². The van der Waals surface area contributed by atoms with Crippen LogP contribution in [0.5, 0.6) is 6.01 Å². The monoisotopic (exact) mass is 388 g/mol. The number of anilines is 3. The third-order valence-corrected chi connectivity index (χ3v) is 3.84. The Hall–Kier alpha value is -2.94. The number of carbonyl (C=O) groups excluding carboxylic acids is 1. The zero-order valence-electron chi connectivity index (χ0n) is 16.4. The van der Waals surface area contributed by atoms with Crippen molar-refractivity contribution in [3.05, 3.63) is 29.8 Å². The molecule has 152 valence electrons. The zero-order chi connectivity index (χ0) is 20.2. The van der Waals surface area contributed by atoms with Gasteiger partial charge in [-0.1, -0.05) is 18.9 Å². The third kappa shape index (κ3) is 6.99. The molecule has 2 rings (SSSR count). The van der Waals surface area contributed by atoms with Crippen LogP contribution in [0.2, 0.25) is 0 Å². The molecule has 1 aromatic heterocycles. The van der Waals surface area contributed by atoms with E-state index in [1.54, 1.807) is 24.3 Å². The minimum Gasteiger partial charge on any atom is -0.465 e. The van der Waals surface area contributed by atoms with Crippen molar-refractivity contribution in [1.29, 1.82) is 0 Å². The molecule has 0 aliphatic heterocycles. The van der Waals surface area contributed by atoms with Crippen LogP contribution < -0.4 is 21.1 Å². The predicted octanol–water partition coefficient (Wildman–Crippen LogP) is 2.73. The molecule has 0 saturated heterocycles. The Morgan fingerprint density at radius 2 is 1.89 bits per heavy atom. The van der Waals surface area contributed by atoms with Gasteiger partial charge in [-0.25, -0.2) is 4.79 Å². The molecule has 0 bridgehead atoms. The fourth-order valence-corrected chi connectivity index (χ4v) is 2.48. The lowest BCUT2D eigenvalue weighted by Gasteiger charge is -2.11. The summed E-state index contributed by atoms with van der Waals surface area (Å²) in [4.78, 5) is 24.6. The Morgan fingerprint density at radius 1 is 1.11 bits per heavy atom. The second-order valence-electron chi connectivity index (χ2n) is 6.03. The number of hydrogen-bond donors (Lipinski definition) is 3. The Morgan fingerprint density at radius 3 is 2.64 bits per heavy atom. The highest BCUT2D eigenvalue weighted by Gasteiger charge is 2.10. The summed E-state index contributed by atoms with van der Waals surface area (Å²) in [6, 6.07) is 7.13. The first kappa shape index (κ1) is 21.4. The molecule has 1 aromatic carbocycles. The van der Waals surface area contributed by atoms with E-state index in [-0.39, 0.29) is 6.01 Å². The molecule has 0 aliphatic rings. The molecule has 28 heavy (non-hydrogen) atoms. The standard InChI is InChI=1S/C19H28N6O3/c1-3-28-19-24-17(21-12-7-5-4-6-11-20)23-18(25-19)22-15-10-8-9-14(13-15)16(26)27-2/h8-10,13H,3-7,11-12,20H2,1-2H3,(H2,21,22,23,24,25). The van der Waals surface area contributed by atoms with Crippen molar-refractivity contribution in [1.82, 2.24) is 15.0 Å². The molecular weight excluding hydrogens is 360 g/mol. The Labute approximate surface area is 165 Å². The van der Waals surface area contributed by atoms with Crippen LogP contribution in [-0.4, -0.2) is 47.7 Å². The van der Waals surface area contributed by atoms with E-state index >= 15 is 0 Å². The fourth-order valence-electron chi connectivity index (χ4n) is 2.48. The average molecular weight is 388 g/mol. The van der Waals surface area contributed by atoms with Crippen molar-refractivity contribution in [3.63, 3.8) is 0 Å². The molecular formula is C19H28N6O3. The zero-order valence-corrected chi connectivity index (χ0v) is 16.4. The number of nitrogens with one attached hydrogen (secondary N) is 2. The number of nitrogens with two attached hydrogens (primary N) is 1. The normalized spacial score (nSPS) is 10.4. The molecule has 0 aliphatic carbocycles. The van der Waals surface area contributed by atoms with Crippen LogP contribution in [-0.2, 0) is 4.74 Å². The summed E-state index contributed by atoms with van der Waals surface area (Å²) in [6.45, 7) is 3.78. The largest absolute Gasteiger partial charge is 0.465 e. The van der Waals surface area contributed by atoms with E-state index in [0.717, 1.165) is 38.8 Å². The van der Waals surface area contributed by atoms with E-state index in [0.29, 0.717) is 29.8 Å². The second-order valence-corrected chi connectivity index (χ2v) is 6.03. The summed E-state index contributed by atoms with van der Waals surface area (Å²) in [5, 5.41) is 6.27. The van der Waals surface area contributed by atoms with Gasteiger partial charge < -0.3 is 25.8 Å². The number of ether oxygens (including phenoxy) is 2.